The molecule has 0 aromatic heterocycles. The second-order valence-electron chi connectivity index (χ2n) is 5.18. The molecule has 1 saturated carbocycles. The third kappa shape index (κ3) is 2.40. The fourth-order valence-electron chi connectivity index (χ4n) is 2.34. The van der Waals surface area contributed by atoms with Crippen LogP contribution in [0.15, 0.2) is 12.1 Å². The first-order valence-electron chi connectivity index (χ1n) is 6.10. The van der Waals surface area contributed by atoms with Crippen molar-refractivity contribution in [2.24, 2.45) is 0 Å². The molecule has 18 heavy (non-hydrogen) atoms. The Morgan fingerprint density at radius 3 is 2.61 bits per heavy atom. The number of hydrogen-bond donors (Lipinski definition) is 2. The summed E-state index contributed by atoms with van der Waals surface area (Å²) in [4.78, 5) is 2.24. The van der Waals surface area contributed by atoms with Gasteiger partial charge < -0.3 is 16.0 Å². The summed E-state index contributed by atoms with van der Waals surface area (Å²) in [6.45, 7) is 0.798. The van der Waals surface area contributed by atoms with Crippen LogP contribution in [0.5, 0.6) is 0 Å². The number of nitrogens with one attached hydrogen (secondary N) is 1. The quantitative estimate of drug-likeness (QED) is 0.828. The van der Waals surface area contributed by atoms with E-state index in [0.29, 0.717) is 11.4 Å². The number of anilines is 2. The largest absolute Gasteiger partial charge is 0.397 e. The summed E-state index contributed by atoms with van der Waals surface area (Å²) in [5.74, 6) is -0.481. The van der Waals surface area contributed by atoms with Crippen molar-refractivity contribution in [2.45, 2.75) is 24.8 Å². The van der Waals surface area contributed by atoms with Gasteiger partial charge in [0.1, 0.15) is 5.82 Å². The van der Waals surface area contributed by atoms with Crippen LogP contribution in [0.25, 0.3) is 0 Å². The maximum Gasteiger partial charge on any atom is 0.143 e. The molecule has 1 aliphatic carbocycles. The summed E-state index contributed by atoms with van der Waals surface area (Å²) in [5.41, 5.74) is 7.07. The molecule has 1 aromatic carbocycles. The van der Waals surface area contributed by atoms with Crippen molar-refractivity contribution in [1.29, 1.82) is 0 Å². The Morgan fingerprint density at radius 2 is 2.11 bits per heavy atom. The Kier molecular flexibility index (Phi) is 3.69. The molecule has 100 valence electrons. The Bertz CT molecular complexity index is 444. The molecule has 0 heterocycles. The van der Waals surface area contributed by atoms with Crippen LogP contribution in [-0.4, -0.2) is 31.1 Å². The fraction of sp³-hybridized carbons (Fsp3) is 0.538. The van der Waals surface area contributed by atoms with Gasteiger partial charge in [-0.25, -0.2) is 4.39 Å². The highest BCUT2D eigenvalue weighted by atomic mass is 35.5. The first-order chi connectivity index (χ1) is 8.44. The maximum absolute atomic E-state index is 13.2. The Labute approximate surface area is 112 Å². The number of rotatable bonds is 4. The van der Waals surface area contributed by atoms with Crippen LogP contribution < -0.4 is 11.1 Å². The van der Waals surface area contributed by atoms with Crippen molar-refractivity contribution in [3.05, 3.63) is 23.0 Å². The number of nitrogens with two attached hydrogens (primary N) is 1. The van der Waals surface area contributed by atoms with Crippen LogP contribution in [0, 0.1) is 5.82 Å². The second kappa shape index (κ2) is 4.94. The number of benzene rings is 1. The predicted octanol–water partition coefficient (Wildman–Crippen LogP) is 2.96. The van der Waals surface area contributed by atoms with Gasteiger partial charge in [0.05, 0.1) is 16.4 Å². The molecule has 3 N–H and O–H groups in total. The molecule has 0 unspecified atom stereocenters. The van der Waals surface area contributed by atoms with Gasteiger partial charge in [-0.3, -0.25) is 0 Å². The average molecular weight is 272 g/mol. The van der Waals surface area contributed by atoms with Gasteiger partial charge in [0.15, 0.2) is 0 Å². The van der Waals surface area contributed by atoms with E-state index in [-0.39, 0.29) is 10.6 Å². The molecule has 1 aromatic rings. The molecule has 0 aliphatic heterocycles. The topological polar surface area (TPSA) is 41.3 Å². The van der Waals surface area contributed by atoms with Crippen molar-refractivity contribution in [1.82, 2.24) is 4.90 Å². The maximum atomic E-state index is 13.2. The van der Waals surface area contributed by atoms with Gasteiger partial charge in [-0.15, -0.1) is 0 Å². The van der Waals surface area contributed by atoms with E-state index >= 15 is 0 Å². The lowest BCUT2D eigenvalue weighted by molar-refractivity contribution is 0.0739. The van der Waals surface area contributed by atoms with E-state index in [9.17, 15) is 4.39 Å². The molecular weight excluding hydrogens is 253 g/mol. The van der Waals surface area contributed by atoms with Gasteiger partial charge in [0.25, 0.3) is 0 Å². The van der Waals surface area contributed by atoms with Gasteiger partial charge in [-0.05, 0) is 39.4 Å². The van der Waals surface area contributed by atoms with Gasteiger partial charge >= 0.3 is 0 Å². The SMILES string of the molecule is CN(C)C1(CNc2cc(Cl)c(F)cc2N)CCC1. The summed E-state index contributed by atoms with van der Waals surface area (Å²) >= 11 is 5.77. The molecular formula is C13H19ClFN3. The first-order valence-corrected chi connectivity index (χ1v) is 6.48. The highest BCUT2D eigenvalue weighted by molar-refractivity contribution is 6.31. The zero-order valence-corrected chi connectivity index (χ0v) is 11.5. The molecule has 0 radical (unpaired) electrons. The zero-order chi connectivity index (χ0) is 13.3. The number of halogens is 2. The van der Waals surface area contributed by atoms with Crippen molar-refractivity contribution in [3.8, 4) is 0 Å². The van der Waals surface area contributed by atoms with E-state index in [2.05, 4.69) is 24.3 Å². The summed E-state index contributed by atoms with van der Waals surface area (Å²) in [5, 5.41) is 3.38. The normalized spacial score (nSPS) is 17.6. The molecule has 5 heteroatoms. The number of hydrogen-bond acceptors (Lipinski definition) is 3. The number of nitrogens with zero attached hydrogens (tertiary/aromatic N) is 1. The summed E-state index contributed by atoms with van der Waals surface area (Å²) in [6, 6.07) is 2.81. The number of nitrogen functional groups attached to an aromatic ring is 1. The smallest absolute Gasteiger partial charge is 0.143 e. The minimum absolute atomic E-state index is 0.0965. The van der Waals surface area contributed by atoms with Gasteiger partial charge in [0, 0.05) is 18.2 Å². The van der Waals surface area contributed by atoms with Crippen LogP contribution in [-0.2, 0) is 0 Å². The molecule has 1 fully saturated rings. The third-order valence-corrected chi connectivity index (χ3v) is 4.22. The van der Waals surface area contributed by atoms with Crippen LogP contribution in [0.3, 0.4) is 0 Å². The molecule has 0 saturated heterocycles. The molecule has 2 rings (SSSR count). The highest BCUT2D eigenvalue weighted by Crippen LogP contribution is 2.37. The average Bonchev–Trinajstić information content (AvgIpc) is 2.23. The van der Waals surface area contributed by atoms with E-state index in [4.69, 9.17) is 17.3 Å². The summed E-state index contributed by atoms with van der Waals surface area (Å²) < 4.78 is 13.2. The lowest BCUT2D eigenvalue weighted by Gasteiger charge is -2.47. The van der Waals surface area contributed by atoms with Crippen LogP contribution in [0.1, 0.15) is 19.3 Å². The first kappa shape index (κ1) is 13.4. The lowest BCUT2D eigenvalue weighted by Crippen LogP contribution is -2.54. The number of likely N-dealkylation sites (N-methyl/N-ethyl adjacent to an activating group) is 1. The Hall–Kier alpha value is -1.00. The monoisotopic (exact) mass is 271 g/mol. The van der Waals surface area contributed by atoms with Crippen LogP contribution in [0.2, 0.25) is 5.02 Å². The van der Waals surface area contributed by atoms with E-state index < -0.39 is 5.82 Å². The lowest BCUT2D eigenvalue weighted by atomic mass is 9.75. The molecule has 0 spiro atoms. The van der Waals surface area contributed by atoms with E-state index in [1.165, 1.54) is 25.3 Å². The summed E-state index contributed by atoms with van der Waals surface area (Å²) in [7, 11) is 4.17. The minimum Gasteiger partial charge on any atom is -0.397 e. The van der Waals surface area contributed by atoms with Gasteiger partial charge in [0.2, 0.25) is 0 Å². The molecule has 0 bridgehead atoms. The fourth-order valence-corrected chi connectivity index (χ4v) is 2.51. The van der Waals surface area contributed by atoms with Crippen LogP contribution in [0.4, 0.5) is 15.8 Å². The van der Waals surface area contributed by atoms with E-state index in [0.717, 1.165) is 6.54 Å². The van der Waals surface area contributed by atoms with Gasteiger partial charge in [-0.1, -0.05) is 11.6 Å². The van der Waals surface area contributed by atoms with Crippen LogP contribution >= 0.6 is 11.6 Å². The van der Waals surface area contributed by atoms with E-state index in [1.54, 1.807) is 6.07 Å². The molecule has 0 amide bonds. The van der Waals surface area contributed by atoms with Crippen molar-refractivity contribution in [3.63, 3.8) is 0 Å². The van der Waals surface area contributed by atoms with Crippen molar-refractivity contribution < 1.29 is 4.39 Å². The molecule has 1 aliphatic rings. The standard InChI is InChI=1S/C13H19ClFN3/c1-18(2)13(4-3-5-13)8-17-12-6-9(14)10(15)7-11(12)16/h6-7,17H,3-5,8,16H2,1-2H3. The predicted molar refractivity (Wildman–Crippen MR) is 74.6 cm³/mol. The molecule has 0 atom stereocenters. The van der Waals surface area contributed by atoms with E-state index in [1.807, 2.05) is 0 Å². The minimum atomic E-state index is -0.481. The second-order valence-corrected chi connectivity index (χ2v) is 5.59. The Balaban J connectivity index is 2.08. The third-order valence-electron chi connectivity index (χ3n) is 3.93. The highest BCUT2D eigenvalue weighted by Gasteiger charge is 2.38. The van der Waals surface area contributed by atoms with Crippen molar-refractivity contribution in [2.75, 3.05) is 31.7 Å². The van der Waals surface area contributed by atoms with Gasteiger partial charge in [-0.2, -0.15) is 0 Å². The molecule has 3 nitrogen and oxygen atoms in total. The Morgan fingerprint density at radius 1 is 1.44 bits per heavy atom. The summed E-state index contributed by atoms with van der Waals surface area (Å²) in [6.07, 6.45) is 3.59. The zero-order valence-electron chi connectivity index (χ0n) is 10.8. The van der Waals surface area contributed by atoms with Crippen molar-refractivity contribution >= 4 is 23.0 Å².